The van der Waals surface area contributed by atoms with Crippen LogP contribution in [0.25, 0.3) is 11.3 Å². The van der Waals surface area contributed by atoms with E-state index in [1.807, 2.05) is 24.2 Å². The summed E-state index contributed by atoms with van der Waals surface area (Å²) >= 11 is 0. The van der Waals surface area contributed by atoms with E-state index < -0.39 is 0 Å². The zero-order valence-electron chi connectivity index (χ0n) is 15.8. The molecule has 0 saturated carbocycles. The van der Waals surface area contributed by atoms with Crippen molar-refractivity contribution in [2.45, 2.75) is 38.1 Å². The van der Waals surface area contributed by atoms with Crippen LogP contribution in [0.15, 0.2) is 24.5 Å². The predicted octanol–water partition coefficient (Wildman–Crippen LogP) is 2.23. The van der Waals surface area contributed by atoms with Crippen LogP contribution in [-0.4, -0.2) is 58.4 Å². The molecule has 0 aromatic carbocycles. The molecule has 3 aliphatic rings. The van der Waals surface area contributed by atoms with E-state index in [-0.39, 0.29) is 11.4 Å². The molecule has 27 heavy (non-hydrogen) atoms. The average Bonchev–Trinajstić information content (AvgIpc) is 3.37. The first kappa shape index (κ1) is 16.6. The molecule has 2 aromatic rings. The number of hydrogen-bond donors (Lipinski definition) is 1. The van der Waals surface area contributed by atoms with E-state index in [0.29, 0.717) is 6.54 Å². The van der Waals surface area contributed by atoms with Crippen LogP contribution in [0.2, 0.25) is 0 Å². The molecule has 2 fully saturated rings. The first-order chi connectivity index (χ1) is 13.2. The van der Waals surface area contributed by atoms with Gasteiger partial charge in [-0.1, -0.05) is 0 Å². The molecule has 5 rings (SSSR count). The molecule has 0 atom stereocenters. The Morgan fingerprint density at radius 2 is 2.00 bits per heavy atom. The minimum Gasteiger partial charge on any atom is -0.370 e. The van der Waals surface area contributed by atoms with Gasteiger partial charge in [-0.3, -0.25) is 9.67 Å². The monoisotopic (exact) mass is 366 g/mol. The number of aromatic nitrogens is 3. The molecule has 1 spiro atoms. The second-order valence-electron chi connectivity index (χ2n) is 7.99. The van der Waals surface area contributed by atoms with Gasteiger partial charge in [0.15, 0.2) is 0 Å². The molecule has 142 valence electrons. The van der Waals surface area contributed by atoms with E-state index in [0.717, 1.165) is 50.4 Å². The number of nitrogens with one attached hydrogen (secondary N) is 1. The van der Waals surface area contributed by atoms with Gasteiger partial charge in [0, 0.05) is 62.1 Å². The van der Waals surface area contributed by atoms with Crippen LogP contribution in [-0.2, 0) is 12.0 Å². The molecule has 3 aliphatic heterocycles. The number of carbonyl (C=O) groups excluding carboxylic acids is 1. The molecule has 2 amide bonds. The van der Waals surface area contributed by atoms with Gasteiger partial charge in [-0.05, 0) is 38.3 Å². The summed E-state index contributed by atoms with van der Waals surface area (Å²) in [7, 11) is 0. The standard InChI is InChI=1S/C20H26N6O/c1-2-22-19(27)25-13-20(14-25)5-8-26-18(20)10-17(23-26)15-9-16(12-21-11-15)24-6-3-4-7-24/h9-12H,2-8,13-14H2,1H3,(H,22,27). The van der Waals surface area contributed by atoms with Crippen molar-refractivity contribution in [1.29, 1.82) is 0 Å². The number of likely N-dealkylation sites (tertiary alicyclic amines) is 1. The number of aryl methyl sites for hydroxylation is 1. The average molecular weight is 366 g/mol. The Kier molecular flexibility index (Phi) is 3.84. The maximum atomic E-state index is 12.0. The van der Waals surface area contributed by atoms with Crippen molar-refractivity contribution >= 4 is 11.7 Å². The number of pyridine rings is 1. The summed E-state index contributed by atoms with van der Waals surface area (Å²) in [6.45, 7) is 7.36. The molecule has 2 saturated heterocycles. The minimum absolute atomic E-state index is 0.0452. The third-order valence-electron chi connectivity index (χ3n) is 6.22. The number of rotatable bonds is 3. The lowest BCUT2D eigenvalue weighted by Crippen LogP contribution is -2.62. The quantitative estimate of drug-likeness (QED) is 0.905. The summed E-state index contributed by atoms with van der Waals surface area (Å²) in [6, 6.07) is 4.47. The SMILES string of the molecule is CCNC(=O)N1CC2(CCn3nc(-c4cncc(N5CCCC5)c4)cc32)C1. The molecule has 7 nitrogen and oxygen atoms in total. The van der Waals surface area contributed by atoms with Crippen LogP contribution < -0.4 is 10.2 Å². The van der Waals surface area contributed by atoms with Crippen molar-refractivity contribution in [2.24, 2.45) is 0 Å². The second kappa shape index (κ2) is 6.25. The third-order valence-corrected chi connectivity index (χ3v) is 6.22. The molecule has 0 unspecified atom stereocenters. The van der Waals surface area contributed by atoms with Gasteiger partial charge in [-0.15, -0.1) is 0 Å². The van der Waals surface area contributed by atoms with Gasteiger partial charge in [-0.2, -0.15) is 5.10 Å². The largest absolute Gasteiger partial charge is 0.370 e. The number of fused-ring (bicyclic) bond motifs is 2. The summed E-state index contributed by atoms with van der Waals surface area (Å²) in [5.41, 5.74) is 4.62. The minimum atomic E-state index is 0.0452. The van der Waals surface area contributed by atoms with Gasteiger partial charge in [0.05, 0.1) is 17.6 Å². The van der Waals surface area contributed by atoms with E-state index in [1.165, 1.54) is 24.2 Å². The van der Waals surface area contributed by atoms with Crippen LogP contribution in [0.3, 0.4) is 0 Å². The van der Waals surface area contributed by atoms with Gasteiger partial charge in [0.2, 0.25) is 0 Å². The fourth-order valence-electron chi connectivity index (χ4n) is 4.73. The van der Waals surface area contributed by atoms with E-state index in [9.17, 15) is 4.79 Å². The zero-order valence-corrected chi connectivity index (χ0v) is 15.8. The maximum absolute atomic E-state index is 12.0. The molecule has 0 radical (unpaired) electrons. The Hall–Kier alpha value is -2.57. The first-order valence-electron chi connectivity index (χ1n) is 10.00. The summed E-state index contributed by atoms with van der Waals surface area (Å²) in [4.78, 5) is 20.8. The fourth-order valence-corrected chi connectivity index (χ4v) is 4.73. The predicted molar refractivity (Wildman–Crippen MR) is 104 cm³/mol. The lowest BCUT2D eigenvalue weighted by Gasteiger charge is -2.47. The van der Waals surface area contributed by atoms with Crippen LogP contribution in [0.4, 0.5) is 10.5 Å². The van der Waals surface area contributed by atoms with Crippen molar-refractivity contribution in [1.82, 2.24) is 25.0 Å². The Balaban J connectivity index is 1.38. The normalized spacial score (nSPS) is 20.0. The Bertz CT molecular complexity index is 863. The topological polar surface area (TPSA) is 66.3 Å². The second-order valence-corrected chi connectivity index (χ2v) is 7.99. The van der Waals surface area contributed by atoms with Crippen molar-refractivity contribution in [3.8, 4) is 11.3 Å². The number of urea groups is 1. The lowest BCUT2D eigenvalue weighted by molar-refractivity contribution is 0.0925. The van der Waals surface area contributed by atoms with Crippen molar-refractivity contribution in [2.75, 3.05) is 37.6 Å². The van der Waals surface area contributed by atoms with Gasteiger partial charge >= 0.3 is 6.03 Å². The molecule has 5 heterocycles. The number of nitrogens with zero attached hydrogens (tertiary/aromatic N) is 5. The van der Waals surface area contributed by atoms with Crippen LogP contribution in [0, 0.1) is 0 Å². The Labute approximate surface area is 159 Å². The number of amides is 2. The van der Waals surface area contributed by atoms with E-state index in [2.05, 4.69) is 32.0 Å². The highest BCUT2D eigenvalue weighted by Crippen LogP contribution is 2.43. The van der Waals surface area contributed by atoms with Gasteiger partial charge in [0.25, 0.3) is 0 Å². The molecule has 0 aliphatic carbocycles. The van der Waals surface area contributed by atoms with E-state index in [4.69, 9.17) is 5.10 Å². The van der Waals surface area contributed by atoms with Gasteiger partial charge in [-0.25, -0.2) is 4.79 Å². The summed E-state index contributed by atoms with van der Waals surface area (Å²) in [5, 5.41) is 7.74. The zero-order chi connectivity index (χ0) is 18.4. The fraction of sp³-hybridized carbons (Fsp3) is 0.550. The highest BCUT2D eigenvalue weighted by atomic mass is 16.2. The number of anilines is 1. The van der Waals surface area contributed by atoms with Crippen LogP contribution >= 0.6 is 0 Å². The smallest absolute Gasteiger partial charge is 0.317 e. The maximum Gasteiger partial charge on any atom is 0.317 e. The molecular weight excluding hydrogens is 340 g/mol. The highest BCUT2D eigenvalue weighted by Gasteiger charge is 2.51. The van der Waals surface area contributed by atoms with E-state index in [1.54, 1.807) is 0 Å². The molecule has 2 aromatic heterocycles. The van der Waals surface area contributed by atoms with E-state index >= 15 is 0 Å². The number of hydrogen-bond acceptors (Lipinski definition) is 4. The third kappa shape index (κ3) is 2.67. The Morgan fingerprint density at radius 3 is 2.78 bits per heavy atom. The molecule has 1 N–H and O–H groups in total. The molecule has 0 bridgehead atoms. The van der Waals surface area contributed by atoms with Crippen molar-refractivity contribution in [3.05, 3.63) is 30.2 Å². The summed E-state index contributed by atoms with van der Waals surface area (Å²) < 4.78 is 2.13. The first-order valence-corrected chi connectivity index (χ1v) is 10.00. The summed E-state index contributed by atoms with van der Waals surface area (Å²) in [6.07, 6.45) is 7.45. The highest BCUT2D eigenvalue weighted by molar-refractivity contribution is 5.76. The van der Waals surface area contributed by atoms with Gasteiger partial charge < -0.3 is 15.1 Å². The summed E-state index contributed by atoms with van der Waals surface area (Å²) in [5.74, 6) is 0. The number of carbonyl (C=O) groups is 1. The van der Waals surface area contributed by atoms with Crippen molar-refractivity contribution < 1.29 is 4.79 Å². The van der Waals surface area contributed by atoms with Crippen molar-refractivity contribution in [3.63, 3.8) is 0 Å². The van der Waals surface area contributed by atoms with Gasteiger partial charge in [0.1, 0.15) is 0 Å². The van der Waals surface area contributed by atoms with Crippen LogP contribution in [0.5, 0.6) is 0 Å². The lowest BCUT2D eigenvalue weighted by atomic mass is 9.76. The molecular formula is C20H26N6O. The Morgan fingerprint density at radius 1 is 1.19 bits per heavy atom. The van der Waals surface area contributed by atoms with Crippen LogP contribution in [0.1, 0.15) is 31.9 Å². The molecule has 7 heteroatoms.